The van der Waals surface area contributed by atoms with Crippen LogP contribution in [0, 0.1) is 11.6 Å². The van der Waals surface area contributed by atoms with Crippen LogP contribution in [0.4, 0.5) is 8.78 Å². The van der Waals surface area contributed by atoms with Gasteiger partial charge >= 0.3 is 0 Å². The number of benzene rings is 1. The van der Waals surface area contributed by atoms with Gasteiger partial charge in [-0.15, -0.1) is 0 Å². The van der Waals surface area contributed by atoms with Gasteiger partial charge in [0.15, 0.2) is 17.4 Å². The molecule has 2 nitrogen and oxygen atoms in total. The highest BCUT2D eigenvalue weighted by atomic mass is 19.1. The smallest absolute Gasteiger partial charge is 0.191 e. The van der Waals surface area contributed by atoms with E-state index in [1.807, 2.05) is 6.92 Å². The number of rotatable bonds is 5. The number of nitrogens with two attached hydrogens (primary N) is 1. The van der Waals surface area contributed by atoms with Crippen molar-refractivity contribution >= 4 is 0 Å². The van der Waals surface area contributed by atoms with E-state index in [9.17, 15) is 8.78 Å². The maximum atomic E-state index is 14.0. The Morgan fingerprint density at radius 2 is 1.80 bits per heavy atom. The van der Waals surface area contributed by atoms with Gasteiger partial charge in [-0.2, -0.15) is 0 Å². The van der Waals surface area contributed by atoms with Gasteiger partial charge in [-0.25, -0.2) is 8.78 Å². The molecule has 1 unspecified atom stereocenters. The Labute approximate surface area is 119 Å². The first-order valence-corrected chi connectivity index (χ1v) is 7.50. The largest absolute Gasteiger partial charge is 0.484 e. The van der Waals surface area contributed by atoms with Crippen LogP contribution in [0.25, 0.3) is 0 Å². The van der Waals surface area contributed by atoms with Crippen molar-refractivity contribution in [3.63, 3.8) is 0 Å². The van der Waals surface area contributed by atoms with Crippen LogP contribution in [0.5, 0.6) is 5.75 Å². The molecule has 4 heteroatoms. The first-order chi connectivity index (χ1) is 9.60. The van der Waals surface area contributed by atoms with Gasteiger partial charge in [-0.05, 0) is 56.2 Å². The molecule has 112 valence electrons. The van der Waals surface area contributed by atoms with Crippen molar-refractivity contribution in [1.29, 1.82) is 0 Å². The normalized spacial score (nSPS) is 18.0. The molecule has 1 aromatic rings. The second kappa shape index (κ2) is 7.02. The van der Waals surface area contributed by atoms with Crippen LogP contribution in [-0.2, 0) is 6.42 Å². The molecular formula is C16H23F2NO. The lowest BCUT2D eigenvalue weighted by molar-refractivity contribution is 0.142. The van der Waals surface area contributed by atoms with Gasteiger partial charge in [-0.1, -0.05) is 13.3 Å². The maximum Gasteiger partial charge on any atom is 0.191 e. The molecule has 1 aromatic carbocycles. The summed E-state index contributed by atoms with van der Waals surface area (Å²) in [5, 5.41) is 0. The van der Waals surface area contributed by atoms with Gasteiger partial charge in [0.05, 0.1) is 6.10 Å². The van der Waals surface area contributed by atoms with Crippen molar-refractivity contribution in [1.82, 2.24) is 0 Å². The van der Waals surface area contributed by atoms with Gasteiger partial charge in [0.1, 0.15) is 0 Å². The van der Waals surface area contributed by atoms with Crippen molar-refractivity contribution in [2.24, 2.45) is 5.73 Å². The highest BCUT2D eigenvalue weighted by Crippen LogP contribution is 2.29. The van der Waals surface area contributed by atoms with Crippen LogP contribution in [0.1, 0.15) is 51.0 Å². The summed E-state index contributed by atoms with van der Waals surface area (Å²) in [6, 6.07) is 2.62. The van der Waals surface area contributed by atoms with Crippen molar-refractivity contribution in [2.75, 3.05) is 0 Å². The molecule has 0 bridgehead atoms. The standard InChI is InChI=1S/C16H23F2NO/c1-2-12(19)8-11-9-14(17)16(15(18)10-11)20-13-6-4-3-5-7-13/h9-10,12-13H,2-8,19H2,1H3. The fourth-order valence-corrected chi connectivity index (χ4v) is 2.64. The quantitative estimate of drug-likeness (QED) is 0.888. The second-order valence-corrected chi connectivity index (χ2v) is 5.64. The molecular weight excluding hydrogens is 260 g/mol. The van der Waals surface area contributed by atoms with Crippen LogP contribution in [0.3, 0.4) is 0 Å². The van der Waals surface area contributed by atoms with E-state index in [0.717, 1.165) is 32.1 Å². The van der Waals surface area contributed by atoms with Gasteiger partial charge in [0, 0.05) is 6.04 Å². The van der Waals surface area contributed by atoms with E-state index < -0.39 is 11.6 Å². The number of hydrogen-bond acceptors (Lipinski definition) is 2. The first kappa shape index (κ1) is 15.2. The molecule has 1 fully saturated rings. The average Bonchev–Trinajstić information content (AvgIpc) is 2.44. The molecule has 0 saturated heterocycles. The monoisotopic (exact) mass is 283 g/mol. The maximum absolute atomic E-state index is 14.0. The Kier molecular flexibility index (Phi) is 5.35. The van der Waals surface area contributed by atoms with Crippen molar-refractivity contribution in [2.45, 2.75) is 64.0 Å². The molecule has 1 saturated carbocycles. The average molecular weight is 283 g/mol. The van der Waals surface area contributed by atoms with Crippen molar-refractivity contribution < 1.29 is 13.5 Å². The van der Waals surface area contributed by atoms with E-state index in [1.165, 1.54) is 18.6 Å². The molecule has 2 N–H and O–H groups in total. The molecule has 0 radical (unpaired) electrons. The zero-order valence-electron chi connectivity index (χ0n) is 12.0. The molecule has 0 heterocycles. The highest BCUT2D eigenvalue weighted by Gasteiger charge is 2.20. The summed E-state index contributed by atoms with van der Waals surface area (Å²) in [5.74, 6) is -1.46. The van der Waals surface area contributed by atoms with Crippen LogP contribution in [-0.4, -0.2) is 12.1 Å². The molecule has 20 heavy (non-hydrogen) atoms. The van der Waals surface area contributed by atoms with E-state index in [0.29, 0.717) is 12.0 Å². The first-order valence-electron chi connectivity index (χ1n) is 7.50. The van der Waals surface area contributed by atoms with Crippen LogP contribution < -0.4 is 10.5 Å². The summed E-state index contributed by atoms with van der Waals surface area (Å²) in [6.07, 6.45) is 6.27. The summed E-state index contributed by atoms with van der Waals surface area (Å²) in [5.41, 5.74) is 6.40. The Morgan fingerprint density at radius 1 is 1.20 bits per heavy atom. The Hall–Kier alpha value is -1.16. The molecule has 0 amide bonds. The third kappa shape index (κ3) is 3.92. The third-order valence-electron chi connectivity index (χ3n) is 3.92. The van der Waals surface area contributed by atoms with Gasteiger partial charge in [-0.3, -0.25) is 0 Å². The molecule has 0 aromatic heterocycles. The van der Waals surface area contributed by atoms with Gasteiger partial charge in [0.25, 0.3) is 0 Å². The number of ether oxygens (including phenoxy) is 1. The van der Waals surface area contributed by atoms with Crippen molar-refractivity contribution in [3.8, 4) is 5.75 Å². The lowest BCUT2D eigenvalue weighted by Crippen LogP contribution is -2.22. The van der Waals surface area contributed by atoms with E-state index in [1.54, 1.807) is 0 Å². The molecule has 1 aliphatic rings. The fourth-order valence-electron chi connectivity index (χ4n) is 2.64. The Morgan fingerprint density at radius 3 is 2.35 bits per heavy atom. The number of hydrogen-bond donors (Lipinski definition) is 1. The predicted octanol–water partition coefficient (Wildman–Crippen LogP) is 3.96. The predicted molar refractivity (Wildman–Crippen MR) is 75.8 cm³/mol. The zero-order chi connectivity index (χ0) is 14.5. The molecule has 1 atom stereocenters. The molecule has 0 aliphatic heterocycles. The Bertz CT molecular complexity index is 421. The van der Waals surface area contributed by atoms with E-state index >= 15 is 0 Å². The summed E-state index contributed by atoms with van der Waals surface area (Å²) < 4.78 is 33.6. The fraction of sp³-hybridized carbons (Fsp3) is 0.625. The summed E-state index contributed by atoms with van der Waals surface area (Å²) in [7, 11) is 0. The van der Waals surface area contributed by atoms with E-state index in [-0.39, 0.29) is 17.9 Å². The van der Waals surface area contributed by atoms with E-state index in [2.05, 4.69) is 0 Å². The minimum atomic E-state index is -0.617. The zero-order valence-corrected chi connectivity index (χ0v) is 12.0. The SMILES string of the molecule is CCC(N)Cc1cc(F)c(OC2CCCCC2)c(F)c1. The molecule has 1 aliphatic carbocycles. The second-order valence-electron chi connectivity index (χ2n) is 5.64. The lowest BCUT2D eigenvalue weighted by atomic mass is 9.97. The van der Waals surface area contributed by atoms with Gasteiger partial charge in [0.2, 0.25) is 0 Å². The van der Waals surface area contributed by atoms with Crippen LogP contribution in [0.15, 0.2) is 12.1 Å². The lowest BCUT2D eigenvalue weighted by Gasteiger charge is -2.23. The van der Waals surface area contributed by atoms with Crippen LogP contribution >= 0.6 is 0 Å². The van der Waals surface area contributed by atoms with Crippen molar-refractivity contribution in [3.05, 3.63) is 29.3 Å². The highest BCUT2D eigenvalue weighted by molar-refractivity contribution is 5.32. The minimum Gasteiger partial charge on any atom is -0.484 e. The topological polar surface area (TPSA) is 35.2 Å². The Balaban J connectivity index is 2.09. The number of halogens is 2. The summed E-state index contributed by atoms with van der Waals surface area (Å²) >= 11 is 0. The molecule has 0 spiro atoms. The third-order valence-corrected chi connectivity index (χ3v) is 3.92. The summed E-state index contributed by atoms with van der Waals surface area (Å²) in [4.78, 5) is 0. The molecule has 2 rings (SSSR count). The van der Waals surface area contributed by atoms with E-state index in [4.69, 9.17) is 10.5 Å². The van der Waals surface area contributed by atoms with Crippen LogP contribution in [0.2, 0.25) is 0 Å². The minimum absolute atomic E-state index is 0.0588. The van der Waals surface area contributed by atoms with Gasteiger partial charge < -0.3 is 10.5 Å². The summed E-state index contributed by atoms with van der Waals surface area (Å²) in [6.45, 7) is 1.96.